The van der Waals surface area contributed by atoms with Crippen molar-refractivity contribution in [2.75, 3.05) is 6.61 Å². The highest BCUT2D eigenvalue weighted by molar-refractivity contribution is 6.31. The highest BCUT2D eigenvalue weighted by Gasteiger charge is 2.20. The van der Waals surface area contributed by atoms with Crippen LogP contribution in [0, 0.1) is 6.92 Å². The Morgan fingerprint density at radius 2 is 2.19 bits per heavy atom. The van der Waals surface area contributed by atoms with Crippen molar-refractivity contribution in [2.24, 2.45) is 0 Å². The number of halogens is 1. The average molecular weight is 306 g/mol. The second-order valence-corrected chi connectivity index (χ2v) is 5.82. The number of aromatic nitrogens is 2. The molecule has 21 heavy (non-hydrogen) atoms. The molecule has 112 valence electrons. The number of nitrogens with zero attached hydrogens (tertiary/aromatic N) is 2. The molecule has 1 heterocycles. The van der Waals surface area contributed by atoms with Crippen LogP contribution < -0.4 is 10.1 Å². The summed E-state index contributed by atoms with van der Waals surface area (Å²) in [7, 11) is 0. The summed E-state index contributed by atoms with van der Waals surface area (Å²) in [5.41, 5.74) is 2.18. The van der Waals surface area contributed by atoms with Crippen molar-refractivity contribution in [3.05, 3.63) is 46.7 Å². The maximum Gasteiger partial charge on any atom is 0.123 e. The molecule has 0 bridgehead atoms. The van der Waals surface area contributed by atoms with Crippen molar-refractivity contribution in [3.63, 3.8) is 0 Å². The third-order valence-corrected chi connectivity index (χ3v) is 4.11. The number of rotatable bonds is 7. The Morgan fingerprint density at radius 1 is 1.38 bits per heavy atom. The first-order chi connectivity index (χ1) is 10.2. The molecule has 0 amide bonds. The molecule has 1 fully saturated rings. The van der Waals surface area contributed by atoms with Crippen molar-refractivity contribution >= 4 is 11.6 Å². The van der Waals surface area contributed by atoms with Gasteiger partial charge in [-0.1, -0.05) is 29.8 Å². The lowest BCUT2D eigenvalue weighted by Crippen LogP contribution is -2.17. The smallest absolute Gasteiger partial charge is 0.123 e. The van der Waals surface area contributed by atoms with Crippen LogP contribution in [-0.4, -0.2) is 22.4 Å². The Balaban J connectivity index is 1.55. The fourth-order valence-electron chi connectivity index (χ4n) is 2.22. The Morgan fingerprint density at radius 3 is 2.90 bits per heavy atom. The van der Waals surface area contributed by atoms with Gasteiger partial charge >= 0.3 is 0 Å². The van der Waals surface area contributed by atoms with E-state index in [2.05, 4.69) is 16.5 Å². The molecule has 0 spiro atoms. The topological polar surface area (TPSA) is 39.1 Å². The molecule has 5 heteroatoms. The molecule has 0 unspecified atom stereocenters. The summed E-state index contributed by atoms with van der Waals surface area (Å²) in [6.07, 6.45) is 4.26. The highest BCUT2D eigenvalue weighted by Crippen LogP contribution is 2.22. The van der Waals surface area contributed by atoms with Crippen molar-refractivity contribution in [1.82, 2.24) is 15.1 Å². The van der Waals surface area contributed by atoms with Gasteiger partial charge in [-0.25, -0.2) is 0 Å². The Kier molecular flexibility index (Phi) is 4.46. The summed E-state index contributed by atoms with van der Waals surface area (Å²) in [6.45, 7) is 4.11. The number of para-hydroxylation sites is 1. The van der Waals surface area contributed by atoms with E-state index < -0.39 is 0 Å². The van der Waals surface area contributed by atoms with Crippen LogP contribution in [0.3, 0.4) is 0 Å². The molecule has 0 aliphatic heterocycles. The Labute approximate surface area is 130 Å². The van der Waals surface area contributed by atoms with E-state index in [0.717, 1.165) is 18.0 Å². The molecule has 1 aliphatic rings. The zero-order valence-electron chi connectivity index (χ0n) is 12.2. The molecule has 1 aromatic carbocycles. The number of hydrogen-bond acceptors (Lipinski definition) is 3. The van der Waals surface area contributed by atoms with Crippen LogP contribution in [0.1, 0.15) is 24.1 Å². The summed E-state index contributed by atoms with van der Waals surface area (Å²) in [5.74, 6) is 0.946. The van der Waals surface area contributed by atoms with Gasteiger partial charge in [-0.3, -0.25) is 4.68 Å². The van der Waals surface area contributed by atoms with E-state index in [0.29, 0.717) is 24.2 Å². The molecule has 3 rings (SSSR count). The lowest BCUT2D eigenvalue weighted by atomic mass is 10.2. The zero-order chi connectivity index (χ0) is 14.7. The first-order valence-corrected chi connectivity index (χ1v) is 7.74. The number of nitrogens with one attached hydrogen (secondary N) is 1. The van der Waals surface area contributed by atoms with Gasteiger partial charge < -0.3 is 10.1 Å². The standard InChI is InChI=1S/C16H20ClN3O/c1-12-15(17)11-19-20(12)8-9-21-16-5-3-2-4-13(16)10-18-14-6-7-14/h2-5,11,14,18H,6-10H2,1H3. The number of benzene rings is 1. The molecule has 0 radical (unpaired) electrons. The van der Waals surface area contributed by atoms with Crippen LogP contribution in [0.15, 0.2) is 30.5 Å². The summed E-state index contributed by atoms with van der Waals surface area (Å²) in [5, 5.41) is 8.45. The maximum atomic E-state index is 5.99. The van der Waals surface area contributed by atoms with Crippen LogP contribution in [0.2, 0.25) is 5.02 Å². The first-order valence-electron chi connectivity index (χ1n) is 7.36. The predicted octanol–water partition coefficient (Wildman–Crippen LogP) is 3.18. The predicted molar refractivity (Wildman–Crippen MR) is 83.8 cm³/mol. The molecule has 1 aliphatic carbocycles. The van der Waals surface area contributed by atoms with Crippen LogP contribution in [0.5, 0.6) is 5.75 Å². The van der Waals surface area contributed by atoms with E-state index in [1.807, 2.05) is 29.8 Å². The van der Waals surface area contributed by atoms with Gasteiger partial charge in [0.05, 0.1) is 23.5 Å². The molecule has 2 aromatic rings. The Hall–Kier alpha value is -1.52. The van der Waals surface area contributed by atoms with Crippen molar-refractivity contribution < 1.29 is 4.74 Å². The number of hydrogen-bond donors (Lipinski definition) is 1. The largest absolute Gasteiger partial charge is 0.491 e. The van der Waals surface area contributed by atoms with E-state index in [-0.39, 0.29) is 0 Å². The van der Waals surface area contributed by atoms with Gasteiger partial charge in [0, 0.05) is 18.2 Å². The van der Waals surface area contributed by atoms with E-state index in [4.69, 9.17) is 16.3 Å². The summed E-state index contributed by atoms with van der Waals surface area (Å²) in [4.78, 5) is 0. The lowest BCUT2D eigenvalue weighted by molar-refractivity contribution is 0.286. The van der Waals surface area contributed by atoms with Crippen LogP contribution >= 0.6 is 11.6 Å². The first kappa shape index (κ1) is 14.4. The summed E-state index contributed by atoms with van der Waals surface area (Å²) in [6, 6.07) is 8.89. The zero-order valence-corrected chi connectivity index (χ0v) is 12.9. The van der Waals surface area contributed by atoms with Gasteiger partial charge in [-0.2, -0.15) is 5.10 Å². The van der Waals surface area contributed by atoms with E-state index >= 15 is 0 Å². The van der Waals surface area contributed by atoms with Gasteiger partial charge in [0.15, 0.2) is 0 Å². The van der Waals surface area contributed by atoms with Gasteiger partial charge in [0.2, 0.25) is 0 Å². The van der Waals surface area contributed by atoms with Gasteiger partial charge in [-0.05, 0) is 25.8 Å². The van der Waals surface area contributed by atoms with E-state index in [1.165, 1.54) is 18.4 Å². The van der Waals surface area contributed by atoms with Crippen molar-refractivity contribution in [2.45, 2.75) is 38.9 Å². The van der Waals surface area contributed by atoms with Gasteiger partial charge in [0.25, 0.3) is 0 Å². The van der Waals surface area contributed by atoms with E-state index in [9.17, 15) is 0 Å². The fraction of sp³-hybridized carbons (Fsp3) is 0.438. The molecule has 1 aromatic heterocycles. The fourth-order valence-corrected chi connectivity index (χ4v) is 2.36. The summed E-state index contributed by atoms with van der Waals surface area (Å²) >= 11 is 5.99. The molecule has 1 saturated carbocycles. The third-order valence-electron chi connectivity index (χ3n) is 3.74. The molecule has 1 N–H and O–H groups in total. The number of ether oxygens (including phenoxy) is 1. The maximum absolute atomic E-state index is 5.99. The molecule has 0 atom stereocenters. The quantitative estimate of drug-likeness (QED) is 0.854. The minimum atomic E-state index is 0.583. The molecular formula is C16H20ClN3O. The second-order valence-electron chi connectivity index (χ2n) is 5.41. The monoisotopic (exact) mass is 305 g/mol. The normalized spacial score (nSPS) is 14.4. The van der Waals surface area contributed by atoms with E-state index in [1.54, 1.807) is 6.20 Å². The SMILES string of the molecule is Cc1c(Cl)cnn1CCOc1ccccc1CNC1CC1. The van der Waals surface area contributed by atoms with Crippen LogP contribution in [0.25, 0.3) is 0 Å². The van der Waals surface area contributed by atoms with Crippen molar-refractivity contribution in [3.8, 4) is 5.75 Å². The molecule has 0 saturated heterocycles. The van der Waals surface area contributed by atoms with Gasteiger partial charge in [0.1, 0.15) is 12.4 Å². The summed E-state index contributed by atoms with van der Waals surface area (Å²) < 4.78 is 7.78. The molecular weight excluding hydrogens is 286 g/mol. The second kappa shape index (κ2) is 6.50. The molecule has 4 nitrogen and oxygen atoms in total. The van der Waals surface area contributed by atoms with Gasteiger partial charge in [-0.15, -0.1) is 0 Å². The van der Waals surface area contributed by atoms with Crippen LogP contribution in [0.4, 0.5) is 0 Å². The van der Waals surface area contributed by atoms with Crippen LogP contribution in [-0.2, 0) is 13.1 Å². The Bertz CT molecular complexity index is 607. The minimum Gasteiger partial charge on any atom is -0.491 e. The third kappa shape index (κ3) is 3.77. The highest BCUT2D eigenvalue weighted by atomic mass is 35.5. The average Bonchev–Trinajstić information content (AvgIpc) is 3.27. The minimum absolute atomic E-state index is 0.583. The van der Waals surface area contributed by atoms with Crippen molar-refractivity contribution in [1.29, 1.82) is 0 Å². The lowest BCUT2D eigenvalue weighted by Gasteiger charge is -2.12.